The molecule has 0 aliphatic heterocycles. The van der Waals surface area contributed by atoms with Crippen molar-refractivity contribution in [2.45, 2.75) is 5.03 Å². The zero-order valence-electron chi connectivity index (χ0n) is 13.8. The van der Waals surface area contributed by atoms with Gasteiger partial charge in [0, 0.05) is 11.3 Å². The Morgan fingerprint density at radius 2 is 1.54 bits per heavy atom. The number of nitrogens with one attached hydrogen (secondary N) is 2. The third-order valence-electron chi connectivity index (χ3n) is 3.35. The summed E-state index contributed by atoms with van der Waals surface area (Å²) in [4.78, 5) is 23.6. The molecule has 0 saturated carbocycles. The van der Waals surface area contributed by atoms with E-state index in [1.807, 2.05) is 42.5 Å². The summed E-state index contributed by atoms with van der Waals surface area (Å²) in [6, 6.07) is 21.7. The van der Waals surface area contributed by atoms with Gasteiger partial charge >= 0.3 is 6.03 Å². The number of rotatable bonds is 5. The van der Waals surface area contributed by atoms with Crippen molar-refractivity contribution in [2.75, 3.05) is 11.1 Å². The minimum absolute atomic E-state index is 0.0710. The molecule has 0 atom stereocenters. The summed E-state index contributed by atoms with van der Waals surface area (Å²) in [5.74, 6) is -0.334. The molecule has 130 valence electrons. The number of hydrogen-bond donors (Lipinski definition) is 2. The number of thioether (sulfide) groups is 1. The molecule has 0 saturated heterocycles. The van der Waals surface area contributed by atoms with Crippen LogP contribution < -0.4 is 10.6 Å². The van der Waals surface area contributed by atoms with E-state index in [1.165, 1.54) is 11.8 Å². The summed E-state index contributed by atoms with van der Waals surface area (Å²) in [5.41, 5.74) is 2.36. The number of nitrogens with zero attached hydrogens (tertiary/aromatic N) is 2. The van der Waals surface area contributed by atoms with E-state index in [-0.39, 0.29) is 5.75 Å². The first-order valence-electron chi connectivity index (χ1n) is 7.88. The third-order valence-corrected chi connectivity index (χ3v) is 4.27. The molecule has 7 heteroatoms. The Morgan fingerprint density at radius 3 is 2.19 bits per heavy atom. The van der Waals surface area contributed by atoms with Gasteiger partial charge in [0.1, 0.15) is 5.03 Å². The van der Waals surface area contributed by atoms with Gasteiger partial charge in [-0.15, -0.1) is 10.2 Å². The molecule has 1 aromatic heterocycles. The van der Waals surface area contributed by atoms with E-state index in [1.54, 1.807) is 30.3 Å². The highest BCUT2D eigenvalue weighted by atomic mass is 32.2. The Labute approximate surface area is 155 Å². The summed E-state index contributed by atoms with van der Waals surface area (Å²) in [6.45, 7) is 0. The number of benzene rings is 2. The van der Waals surface area contributed by atoms with E-state index in [0.29, 0.717) is 10.7 Å². The Hall–Kier alpha value is -3.19. The second kappa shape index (κ2) is 8.77. The van der Waals surface area contributed by atoms with Crippen LogP contribution in [0.1, 0.15) is 0 Å². The van der Waals surface area contributed by atoms with Crippen molar-refractivity contribution in [2.24, 2.45) is 0 Å². The van der Waals surface area contributed by atoms with Crippen LogP contribution >= 0.6 is 11.8 Å². The highest BCUT2D eigenvalue weighted by molar-refractivity contribution is 7.99. The maximum absolute atomic E-state index is 11.9. The van der Waals surface area contributed by atoms with Gasteiger partial charge in [-0.3, -0.25) is 10.1 Å². The predicted molar refractivity (Wildman–Crippen MR) is 102 cm³/mol. The standard InChI is InChI=1S/C19H16N4O2S/c24-17(21-19(25)20-15-9-5-2-6-10-15)13-26-18-12-11-16(22-23-18)14-7-3-1-4-8-14/h1-12H,13H2,(H2,20,21,24,25). The summed E-state index contributed by atoms with van der Waals surface area (Å²) in [6.07, 6.45) is 0. The van der Waals surface area contributed by atoms with Gasteiger partial charge in [0.05, 0.1) is 11.4 Å². The normalized spacial score (nSPS) is 10.2. The number of carbonyl (C=O) groups is 2. The molecule has 1 heterocycles. The summed E-state index contributed by atoms with van der Waals surface area (Å²) in [7, 11) is 0. The van der Waals surface area contributed by atoms with Gasteiger partial charge < -0.3 is 5.32 Å². The van der Waals surface area contributed by atoms with E-state index in [0.717, 1.165) is 11.3 Å². The Bertz CT molecular complexity index is 871. The van der Waals surface area contributed by atoms with Crippen LogP contribution in [0.15, 0.2) is 77.8 Å². The Morgan fingerprint density at radius 1 is 0.846 bits per heavy atom. The molecule has 6 nitrogen and oxygen atoms in total. The third kappa shape index (κ3) is 5.15. The number of amides is 3. The van der Waals surface area contributed by atoms with Crippen LogP contribution in [0, 0.1) is 0 Å². The number of urea groups is 1. The van der Waals surface area contributed by atoms with Crippen LogP contribution in [0.3, 0.4) is 0 Å². The zero-order chi connectivity index (χ0) is 18.2. The average molecular weight is 364 g/mol. The minimum Gasteiger partial charge on any atom is -0.308 e. The van der Waals surface area contributed by atoms with Crippen molar-refractivity contribution in [3.05, 3.63) is 72.8 Å². The van der Waals surface area contributed by atoms with Crippen molar-refractivity contribution >= 4 is 29.4 Å². The fourth-order valence-electron chi connectivity index (χ4n) is 2.15. The molecule has 26 heavy (non-hydrogen) atoms. The fraction of sp³-hybridized carbons (Fsp3) is 0.0526. The molecule has 2 N–H and O–H groups in total. The van der Waals surface area contributed by atoms with Crippen molar-refractivity contribution in [1.82, 2.24) is 15.5 Å². The van der Waals surface area contributed by atoms with Gasteiger partial charge in [0.2, 0.25) is 5.91 Å². The molecule has 0 spiro atoms. The summed E-state index contributed by atoms with van der Waals surface area (Å²) < 4.78 is 0. The molecule has 3 rings (SSSR count). The average Bonchev–Trinajstić information content (AvgIpc) is 2.68. The molecule has 2 aromatic carbocycles. The van der Waals surface area contributed by atoms with Crippen molar-refractivity contribution in [3.8, 4) is 11.3 Å². The molecule has 0 unspecified atom stereocenters. The maximum Gasteiger partial charge on any atom is 0.325 e. The van der Waals surface area contributed by atoms with E-state index >= 15 is 0 Å². The molecular formula is C19H16N4O2S. The van der Waals surface area contributed by atoms with Gasteiger partial charge in [-0.1, -0.05) is 60.3 Å². The topological polar surface area (TPSA) is 84.0 Å². The quantitative estimate of drug-likeness (QED) is 0.676. The first-order chi connectivity index (χ1) is 12.7. The number of carbonyl (C=O) groups excluding carboxylic acids is 2. The Balaban J connectivity index is 1.47. The van der Waals surface area contributed by atoms with Crippen LogP contribution in [0.25, 0.3) is 11.3 Å². The molecule has 0 bridgehead atoms. The van der Waals surface area contributed by atoms with E-state index < -0.39 is 11.9 Å². The molecule has 3 amide bonds. The number of hydrogen-bond acceptors (Lipinski definition) is 5. The molecule has 3 aromatic rings. The molecule has 0 radical (unpaired) electrons. The van der Waals surface area contributed by atoms with Crippen LogP contribution in [0.4, 0.5) is 10.5 Å². The smallest absolute Gasteiger partial charge is 0.308 e. The van der Waals surface area contributed by atoms with Crippen LogP contribution in [-0.4, -0.2) is 27.9 Å². The number of para-hydroxylation sites is 1. The highest BCUT2D eigenvalue weighted by Crippen LogP contribution is 2.19. The second-order valence-electron chi connectivity index (χ2n) is 5.28. The van der Waals surface area contributed by atoms with E-state index in [2.05, 4.69) is 20.8 Å². The van der Waals surface area contributed by atoms with E-state index in [9.17, 15) is 9.59 Å². The highest BCUT2D eigenvalue weighted by Gasteiger charge is 2.09. The SMILES string of the molecule is O=C(CSc1ccc(-c2ccccc2)nn1)NC(=O)Nc1ccccc1. The second-order valence-corrected chi connectivity index (χ2v) is 6.28. The van der Waals surface area contributed by atoms with Gasteiger partial charge in [-0.05, 0) is 24.3 Å². The summed E-state index contributed by atoms with van der Waals surface area (Å²) >= 11 is 1.22. The van der Waals surface area contributed by atoms with Crippen molar-refractivity contribution in [3.63, 3.8) is 0 Å². The lowest BCUT2D eigenvalue weighted by Crippen LogP contribution is -2.35. The van der Waals surface area contributed by atoms with Gasteiger partial charge in [0.15, 0.2) is 0 Å². The zero-order valence-corrected chi connectivity index (χ0v) is 14.6. The van der Waals surface area contributed by atoms with Crippen LogP contribution in [-0.2, 0) is 4.79 Å². The van der Waals surface area contributed by atoms with Crippen LogP contribution in [0.2, 0.25) is 0 Å². The lowest BCUT2D eigenvalue weighted by Gasteiger charge is -2.06. The molecular weight excluding hydrogens is 348 g/mol. The maximum atomic E-state index is 11.9. The predicted octanol–water partition coefficient (Wildman–Crippen LogP) is 3.58. The number of aromatic nitrogens is 2. The van der Waals surface area contributed by atoms with E-state index in [4.69, 9.17) is 0 Å². The minimum atomic E-state index is -0.563. The molecule has 0 fully saturated rings. The van der Waals surface area contributed by atoms with Gasteiger partial charge in [-0.25, -0.2) is 4.79 Å². The lowest BCUT2D eigenvalue weighted by atomic mass is 10.1. The molecule has 0 aliphatic carbocycles. The Kier molecular flexibility index (Phi) is 5.95. The van der Waals surface area contributed by atoms with Crippen LogP contribution in [0.5, 0.6) is 0 Å². The first-order valence-corrected chi connectivity index (χ1v) is 8.87. The fourth-order valence-corrected chi connectivity index (χ4v) is 2.76. The largest absolute Gasteiger partial charge is 0.325 e. The monoisotopic (exact) mass is 364 g/mol. The first kappa shape index (κ1) is 17.6. The summed E-state index contributed by atoms with van der Waals surface area (Å²) in [5, 5.41) is 13.7. The number of imide groups is 1. The van der Waals surface area contributed by atoms with Crippen molar-refractivity contribution < 1.29 is 9.59 Å². The molecule has 0 aliphatic rings. The lowest BCUT2D eigenvalue weighted by molar-refractivity contribution is -0.117. The number of anilines is 1. The van der Waals surface area contributed by atoms with Gasteiger partial charge in [0.25, 0.3) is 0 Å². The van der Waals surface area contributed by atoms with Crippen molar-refractivity contribution in [1.29, 1.82) is 0 Å². The van der Waals surface area contributed by atoms with Gasteiger partial charge in [-0.2, -0.15) is 0 Å².